The van der Waals surface area contributed by atoms with Crippen LogP contribution in [0.4, 0.5) is 4.79 Å². The van der Waals surface area contributed by atoms with Gasteiger partial charge in [-0.25, -0.2) is 4.79 Å². The van der Waals surface area contributed by atoms with Gasteiger partial charge in [0.25, 0.3) is 0 Å². The van der Waals surface area contributed by atoms with Crippen molar-refractivity contribution in [1.29, 1.82) is 0 Å². The number of rotatable bonds is 3. The van der Waals surface area contributed by atoms with Crippen molar-refractivity contribution >= 4 is 23.6 Å². The van der Waals surface area contributed by atoms with Gasteiger partial charge in [-0.1, -0.05) is 20.8 Å². The van der Waals surface area contributed by atoms with E-state index in [1.807, 2.05) is 0 Å². The molecular weight excluding hydrogens is 292 g/mol. The molecule has 1 aliphatic heterocycles. The minimum absolute atomic E-state index is 0.0305. The molecule has 6 heteroatoms. The van der Waals surface area contributed by atoms with Crippen molar-refractivity contribution in [2.45, 2.75) is 58.2 Å². The van der Waals surface area contributed by atoms with Crippen molar-refractivity contribution in [3.63, 3.8) is 0 Å². The Morgan fingerprint density at radius 2 is 2.19 bits per heavy atom. The van der Waals surface area contributed by atoms with E-state index in [0.29, 0.717) is 5.92 Å². The molecule has 21 heavy (non-hydrogen) atoms. The molecule has 3 aliphatic rings. The van der Waals surface area contributed by atoms with Crippen LogP contribution in [0.2, 0.25) is 0 Å². The van der Waals surface area contributed by atoms with E-state index in [-0.39, 0.29) is 34.8 Å². The van der Waals surface area contributed by atoms with E-state index in [0.717, 1.165) is 12.8 Å². The number of β-lactam (4-membered cyclic amide) rings is 1. The van der Waals surface area contributed by atoms with E-state index in [1.165, 1.54) is 6.42 Å². The van der Waals surface area contributed by atoms with Gasteiger partial charge < -0.3 is 15.4 Å². The van der Waals surface area contributed by atoms with E-state index >= 15 is 0 Å². The Balaban J connectivity index is 1.61. The SMILES string of the molecule is CC1(C)C2CCC1(C)C(OC(=O)N[C@@H]1C(=O)N[C@@H]1CCl)C2. The predicted molar refractivity (Wildman–Crippen MR) is 79.1 cm³/mol. The summed E-state index contributed by atoms with van der Waals surface area (Å²) in [5.74, 6) is 0.701. The molecular formula is C15H23ClN2O3. The molecule has 0 spiro atoms. The number of carbonyl (C=O) groups is 2. The standard InChI is InChI=1S/C15H23ClN2O3/c1-14(2)8-4-5-15(14,3)10(6-8)21-13(20)18-11-9(7-16)17-12(11)19/h8-11H,4-7H2,1-3H3,(H,17,19)(H,18,20)/t8?,9-,10?,11+,15?/m1/s1. The summed E-state index contributed by atoms with van der Waals surface area (Å²) in [7, 11) is 0. The predicted octanol–water partition coefficient (Wildman–Crippen LogP) is 2.03. The summed E-state index contributed by atoms with van der Waals surface area (Å²) < 4.78 is 5.66. The summed E-state index contributed by atoms with van der Waals surface area (Å²) in [5.41, 5.74) is 0.229. The number of amides is 2. The maximum absolute atomic E-state index is 12.1. The van der Waals surface area contributed by atoms with Crippen LogP contribution < -0.4 is 10.6 Å². The van der Waals surface area contributed by atoms with Crippen molar-refractivity contribution in [2.75, 3.05) is 5.88 Å². The molecule has 2 aliphatic carbocycles. The second-order valence-electron chi connectivity index (χ2n) is 7.40. The second-order valence-corrected chi connectivity index (χ2v) is 7.70. The number of alkyl halides is 1. The summed E-state index contributed by atoms with van der Waals surface area (Å²) in [4.78, 5) is 23.5. The van der Waals surface area contributed by atoms with Gasteiger partial charge in [0.2, 0.25) is 5.91 Å². The van der Waals surface area contributed by atoms with Crippen LogP contribution in [0.3, 0.4) is 0 Å². The van der Waals surface area contributed by atoms with Gasteiger partial charge in [0, 0.05) is 11.3 Å². The largest absolute Gasteiger partial charge is 0.446 e. The lowest BCUT2D eigenvalue weighted by atomic mass is 9.70. The first-order chi connectivity index (χ1) is 9.79. The highest BCUT2D eigenvalue weighted by Crippen LogP contribution is 2.66. The normalized spacial score (nSPS) is 43.1. The lowest BCUT2D eigenvalue weighted by molar-refractivity contribution is -0.131. The van der Waals surface area contributed by atoms with Crippen LogP contribution in [0.15, 0.2) is 0 Å². The van der Waals surface area contributed by atoms with Crippen LogP contribution in [-0.4, -0.2) is 36.1 Å². The van der Waals surface area contributed by atoms with Gasteiger partial charge in [0.05, 0.1) is 6.04 Å². The molecule has 0 aromatic heterocycles. The number of ether oxygens (including phenoxy) is 1. The molecule has 2 saturated carbocycles. The third-order valence-electron chi connectivity index (χ3n) is 6.42. The molecule has 2 amide bonds. The minimum atomic E-state index is -0.561. The molecule has 1 heterocycles. The second kappa shape index (κ2) is 4.77. The number of alkyl carbamates (subject to hydrolysis) is 1. The third-order valence-corrected chi connectivity index (χ3v) is 6.75. The lowest BCUT2D eigenvalue weighted by Crippen LogP contribution is -2.70. The fourth-order valence-corrected chi connectivity index (χ4v) is 4.59. The quantitative estimate of drug-likeness (QED) is 0.619. The molecule has 5 nitrogen and oxygen atoms in total. The highest BCUT2D eigenvalue weighted by atomic mass is 35.5. The first-order valence-electron chi connectivity index (χ1n) is 7.63. The Hall–Kier alpha value is -0.970. The first-order valence-corrected chi connectivity index (χ1v) is 8.16. The number of nitrogens with one attached hydrogen (secondary N) is 2. The number of hydrogen-bond acceptors (Lipinski definition) is 3. The number of carbonyl (C=O) groups excluding carboxylic acids is 2. The molecule has 0 aromatic carbocycles. The summed E-state index contributed by atoms with van der Waals surface area (Å²) in [6.45, 7) is 6.76. The zero-order chi connectivity index (χ0) is 15.4. The molecule has 118 valence electrons. The molecule has 3 unspecified atom stereocenters. The Kier molecular flexibility index (Phi) is 3.39. The van der Waals surface area contributed by atoms with Crippen molar-refractivity contribution in [2.24, 2.45) is 16.7 Å². The highest BCUT2D eigenvalue weighted by molar-refractivity contribution is 6.19. The van der Waals surface area contributed by atoms with E-state index in [1.54, 1.807) is 0 Å². The smallest absolute Gasteiger partial charge is 0.408 e. The minimum Gasteiger partial charge on any atom is -0.446 e. The average molecular weight is 315 g/mol. The van der Waals surface area contributed by atoms with Crippen LogP contribution in [0, 0.1) is 16.7 Å². The maximum Gasteiger partial charge on any atom is 0.408 e. The molecule has 1 saturated heterocycles. The van der Waals surface area contributed by atoms with Gasteiger partial charge in [-0.2, -0.15) is 0 Å². The Morgan fingerprint density at radius 1 is 1.48 bits per heavy atom. The van der Waals surface area contributed by atoms with Crippen LogP contribution in [0.1, 0.15) is 40.0 Å². The molecule has 3 rings (SSSR count). The topological polar surface area (TPSA) is 67.4 Å². The lowest BCUT2D eigenvalue weighted by Gasteiger charge is -2.39. The average Bonchev–Trinajstić information content (AvgIpc) is 2.75. The first kappa shape index (κ1) is 14.9. The Bertz CT molecular complexity index is 482. The summed E-state index contributed by atoms with van der Waals surface area (Å²) >= 11 is 5.72. The molecule has 0 radical (unpaired) electrons. The van der Waals surface area contributed by atoms with Crippen LogP contribution in [-0.2, 0) is 9.53 Å². The number of halogens is 1. The third kappa shape index (κ3) is 2.04. The van der Waals surface area contributed by atoms with E-state index in [9.17, 15) is 9.59 Å². The van der Waals surface area contributed by atoms with Crippen LogP contribution >= 0.6 is 11.6 Å². The fraction of sp³-hybridized carbons (Fsp3) is 0.867. The zero-order valence-corrected chi connectivity index (χ0v) is 13.5. The van der Waals surface area contributed by atoms with Gasteiger partial charge in [0.15, 0.2) is 0 Å². The van der Waals surface area contributed by atoms with Gasteiger partial charge in [-0.3, -0.25) is 4.79 Å². The van der Waals surface area contributed by atoms with E-state index in [4.69, 9.17) is 16.3 Å². The van der Waals surface area contributed by atoms with Crippen LogP contribution in [0.25, 0.3) is 0 Å². The van der Waals surface area contributed by atoms with Gasteiger partial charge >= 0.3 is 6.09 Å². The molecule has 2 N–H and O–H groups in total. The molecule has 0 aromatic rings. The van der Waals surface area contributed by atoms with Crippen molar-refractivity contribution < 1.29 is 14.3 Å². The monoisotopic (exact) mass is 314 g/mol. The zero-order valence-electron chi connectivity index (χ0n) is 12.7. The van der Waals surface area contributed by atoms with Gasteiger partial charge in [0.1, 0.15) is 12.1 Å². The van der Waals surface area contributed by atoms with E-state index < -0.39 is 12.1 Å². The Morgan fingerprint density at radius 3 is 2.67 bits per heavy atom. The molecule has 3 fully saturated rings. The summed E-state index contributed by atoms with van der Waals surface area (Å²) in [6, 6.07) is -0.756. The van der Waals surface area contributed by atoms with E-state index in [2.05, 4.69) is 31.4 Å². The Labute approximate surface area is 130 Å². The summed E-state index contributed by atoms with van der Waals surface area (Å²) in [5, 5.41) is 5.29. The van der Waals surface area contributed by atoms with Gasteiger partial charge in [-0.05, 0) is 30.6 Å². The maximum atomic E-state index is 12.1. The van der Waals surface area contributed by atoms with Gasteiger partial charge in [-0.15, -0.1) is 11.6 Å². The molecule has 5 atom stereocenters. The highest BCUT2D eigenvalue weighted by Gasteiger charge is 2.63. The molecule has 2 bridgehead atoms. The summed E-state index contributed by atoms with van der Waals surface area (Å²) in [6.07, 6.45) is 2.66. The van der Waals surface area contributed by atoms with Crippen molar-refractivity contribution in [3.8, 4) is 0 Å². The van der Waals surface area contributed by atoms with Crippen molar-refractivity contribution in [1.82, 2.24) is 10.6 Å². The van der Waals surface area contributed by atoms with Crippen LogP contribution in [0.5, 0.6) is 0 Å². The number of fused-ring (bicyclic) bond motifs is 2. The van der Waals surface area contributed by atoms with Crippen molar-refractivity contribution in [3.05, 3.63) is 0 Å². The fourth-order valence-electron chi connectivity index (χ4n) is 4.33. The number of hydrogen-bond donors (Lipinski definition) is 2.